The van der Waals surface area contributed by atoms with Gasteiger partial charge in [-0.25, -0.2) is 4.98 Å². The number of rotatable bonds is 7. The number of hydrogen-bond acceptors (Lipinski definition) is 4. The number of fused-ring (bicyclic) bond motifs is 1. The standard InChI is InChI=1S/C26H30N4O/c31-20-25-24-9-5-4-8-23(24)19-30(25)18-21-10-13-28(14-11-21)16-17-29-15-12-27-26(29)22-6-2-1-3-7-22/h1-9,12,15,20-21,25H,10-11,13-14,16-19H2. The van der Waals surface area contributed by atoms with Crippen LogP contribution in [0.15, 0.2) is 67.0 Å². The van der Waals surface area contributed by atoms with Crippen molar-refractivity contribution in [2.24, 2.45) is 5.92 Å². The van der Waals surface area contributed by atoms with Crippen LogP contribution in [0.3, 0.4) is 0 Å². The molecule has 1 aromatic heterocycles. The lowest BCUT2D eigenvalue weighted by atomic mass is 9.95. The minimum absolute atomic E-state index is 0.0631. The van der Waals surface area contributed by atoms with E-state index in [9.17, 15) is 4.79 Å². The average Bonchev–Trinajstić information content (AvgIpc) is 3.43. The van der Waals surface area contributed by atoms with Gasteiger partial charge in [0.1, 0.15) is 12.1 Å². The number of imidazole rings is 1. The number of carbonyl (C=O) groups is 1. The van der Waals surface area contributed by atoms with E-state index in [0.29, 0.717) is 5.92 Å². The molecule has 2 aliphatic rings. The summed E-state index contributed by atoms with van der Waals surface area (Å²) >= 11 is 0. The van der Waals surface area contributed by atoms with Crippen LogP contribution in [0.4, 0.5) is 0 Å². The first-order valence-electron chi connectivity index (χ1n) is 11.4. The summed E-state index contributed by atoms with van der Waals surface area (Å²) in [5.41, 5.74) is 3.68. The van der Waals surface area contributed by atoms with Crippen LogP contribution < -0.4 is 0 Å². The molecule has 5 nitrogen and oxygen atoms in total. The quantitative estimate of drug-likeness (QED) is 0.548. The highest BCUT2D eigenvalue weighted by Crippen LogP contribution is 2.34. The summed E-state index contributed by atoms with van der Waals surface area (Å²) in [6, 6.07) is 18.7. The Bertz CT molecular complexity index is 1010. The summed E-state index contributed by atoms with van der Waals surface area (Å²) in [4.78, 5) is 21.2. The zero-order valence-electron chi connectivity index (χ0n) is 17.9. The van der Waals surface area contributed by atoms with Crippen molar-refractivity contribution in [2.45, 2.75) is 32.0 Å². The third-order valence-corrected chi connectivity index (χ3v) is 6.87. The Balaban J connectivity index is 1.12. The van der Waals surface area contributed by atoms with Gasteiger partial charge in [-0.1, -0.05) is 54.6 Å². The zero-order valence-corrected chi connectivity index (χ0v) is 17.9. The van der Waals surface area contributed by atoms with Gasteiger partial charge in [-0.3, -0.25) is 4.90 Å². The number of aldehydes is 1. The highest BCUT2D eigenvalue weighted by Gasteiger charge is 2.32. The van der Waals surface area contributed by atoms with E-state index in [1.807, 2.05) is 18.3 Å². The van der Waals surface area contributed by atoms with Gasteiger partial charge in [0.2, 0.25) is 0 Å². The summed E-state index contributed by atoms with van der Waals surface area (Å²) in [7, 11) is 0. The Morgan fingerprint density at radius 3 is 2.55 bits per heavy atom. The fourth-order valence-electron chi connectivity index (χ4n) is 5.13. The van der Waals surface area contributed by atoms with Crippen LogP contribution in [0.25, 0.3) is 11.4 Å². The number of aromatic nitrogens is 2. The second-order valence-electron chi connectivity index (χ2n) is 8.80. The van der Waals surface area contributed by atoms with Crippen molar-refractivity contribution < 1.29 is 4.79 Å². The van der Waals surface area contributed by atoms with Gasteiger partial charge in [0.25, 0.3) is 0 Å². The summed E-state index contributed by atoms with van der Waals surface area (Å²) < 4.78 is 2.26. The lowest BCUT2D eigenvalue weighted by Gasteiger charge is -2.34. The van der Waals surface area contributed by atoms with Crippen molar-refractivity contribution in [3.63, 3.8) is 0 Å². The number of benzene rings is 2. The van der Waals surface area contributed by atoms with E-state index in [4.69, 9.17) is 0 Å². The Hall–Kier alpha value is -2.76. The van der Waals surface area contributed by atoms with E-state index in [2.05, 4.69) is 68.0 Å². The Morgan fingerprint density at radius 2 is 1.74 bits per heavy atom. The Labute approximate surface area is 184 Å². The largest absolute Gasteiger partial charge is 0.330 e. The number of piperidine rings is 1. The lowest BCUT2D eigenvalue weighted by Crippen LogP contribution is -2.39. The van der Waals surface area contributed by atoms with Crippen LogP contribution in [-0.4, -0.2) is 51.8 Å². The second-order valence-corrected chi connectivity index (χ2v) is 8.80. The summed E-state index contributed by atoms with van der Waals surface area (Å²) in [5, 5.41) is 0. The van der Waals surface area contributed by atoms with Gasteiger partial charge < -0.3 is 14.3 Å². The van der Waals surface area contributed by atoms with Crippen molar-refractivity contribution in [1.29, 1.82) is 0 Å². The highest BCUT2D eigenvalue weighted by atomic mass is 16.1. The van der Waals surface area contributed by atoms with Crippen molar-refractivity contribution in [3.05, 3.63) is 78.1 Å². The van der Waals surface area contributed by atoms with E-state index >= 15 is 0 Å². The van der Waals surface area contributed by atoms with Crippen LogP contribution in [0.5, 0.6) is 0 Å². The molecule has 1 atom stereocenters. The van der Waals surface area contributed by atoms with Crippen molar-refractivity contribution in [3.8, 4) is 11.4 Å². The molecule has 0 spiro atoms. The summed E-state index contributed by atoms with van der Waals surface area (Å²) in [6.07, 6.45) is 7.50. The molecule has 0 saturated carbocycles. The monoisotopic (exact) mass is 414 g/mol. The van der Waals surface area contributed by atoms with Crippen LogP contribution in [0, 0.1) is 5.92 Å². The molecule has 0 amide bonds. The molecule has 3 heterocycles. The average molecular weight is 415 g/mol. The highest BCUT2D eigenvalue weighted by molar-refractivity contribution is 5.64. The predicted molar refractivity (Wildman–Crippen MR) is 122 cm³/mol. The van der Waals surface area contributed by atoms with Gasteiger partial charge >= 0.3 is 0 Å². The number of likely N-dealkylation sites (tertiary alicyclic amines) is 1. The Kier molecular flexibility index (Phi) is 5.96. The fraction of sp³-hybridized carbons (Fsp3) is 0.385. The number of carbonyl (C=O) groups excluding carboxylic acids is 1. The van der Waals surface area contributed by atoms with Gasteiger partial charge in [0, 0.05) is 44.1 Å². The van der Waals surface area contributed by atoms with E-state index in [1.165, 1.54) is 29.5 Å². The first kappa shape index (κ1) is 20.2. The molecule has 31 heavy (non-hydrogen) atoms. The molecule has 1 unspecified atom stereocenters. The minimum Gasteiger partial charge on any atom is -0.330 e. The van der Waals surface area contributed by atoms with E-state index in [0.717, 1.165) is 51.4 Å². The van der Waals surface area contributed by atoms with Gasteiger partial charge in [-0.2, -0.15) is 0 Å². The van der Waals surface area contributed by atoms with E-state index in [1.54, 1.807) is 0 Å². The second kappa shape index (κ2) is 9.16. The van der Waals surface area contributed by atoms with E-state index < -0.39 is 0 Å². The molecule has 0 N–H and O–H groups in total. The topological polar surface area (TPSA) is 41.4 Å². The van der Waals surface area contributed by atoms with Crippen LogP contribution >= 0.6 is 0 Å². The molecular weight excluding hydrogens is 384 g/mol. The van der Waals surface area contributed by atoms with Crippen molar-refractivity contribution >= 4 is 6.29 Å². The predicted octanol–water partition coefficient (Wildman–Crippen LogP) is 4.02. The van der Waals surface area contributed by atoms with Crippen molar-refractivity contribution in [1.82, 2.24) is 19.4 Å². The van der Waals surface area contributed by atoms with Crippen molar-refractivity contribution in [2.75, 3.05) is 26.2 Å². The molecule has 0 aliphatic carbocycles. The number of nitrogens with zero attached hydrogens (tertiary/aromatic N) is 4. The normalized spacial score (nSPS) is 20.1. The molecule has 0 radical (unpaired) electrons. The lowest BCUT2D eigenvalue weighted by molar-refractivity contribution is -0.112. The van der Waals surface area contributed by atoms with Gasteiger partial charge in [-0.05, 0) is 43.0 Å². The maximum atomic E-state index is 11.7. The first-order chi connectivity index (χ1) is 15.3. The summed E-state index contributed by atoms with van der Waals surface area (Å²) in [5.74, 6) is 1.71. The third kappa shape index (κ3) is 4.34. The van der Waals surface area contributed by atoms with Crippen LogP contribution in [0.1, 0.15) is 30.0 Å². The third-order valence-electron chi connectivity index (χ3n) is 6.87. The molecule has 1 saturated heterocycles. The summed E-state index contributed by atoms with van der Waals surface area (Å²) in [6.45, 7) is 6.20. The minimum atomic E-state index is -0.0631. The molecule has 2 aliphatic heterocycles. The number of hydrogen-bond donors (Lipinski definition) is 0. The maximum absolute atomic E-state index is 11.7. The molecule has 0 bridgehead atoms. The fourth-order valence-corrected chi connectivity index (χ4v) is 5.13. The van der Waals surface area contributed by atoms with Gasteiger partial charge in [0.05, 0.1) is 6.04 Å². The zero-order chi connectivity index (χ0) is 21.0. The SMILES string of the molecule is O=CC1c2ccccc2CN1CC1CCN(CCn2ccnc2-c2ccccc2)CC1. The molecule has 160 valence electrons. The van der Waals surface area contributed by atoms with Crippen LogP contribution in [0.2, 0.25) is 0 Å². The van der Waals surface area contributed by atoms with Gasteiger partial charge in [-0.15, -0.1) is 0 Å². The molecule has 3 aromatic rings. The molecule has 2 aromatic carbocycles. The molecule has 5 heteroatoms. The Morgan fingerprint density at radius 1 is 0.968 bits per heavy atom. The molecular formula is C26H30N4O. The van der Waals surface area contributed by atoms with Gasteiger partial charge in [0.15, 0.2) is 0 Å². The molecule has 1 fully saturated rings. The maximum Gasteiger partial charge on any atom is 0.141 e. The first-order valence-corrected chi connectivity index (χ1v) is 11.4. The van der Waals surface area contributed by atoms with E-state index in [-0.39, 0.29) is 6.04 Å². The van der Waals surface area contributed by atoms with Crippen LogP contribution in [-0.2, 0) is 17.9 Å². The molecule has 5 rings (SSSR count). The smallest absolute Gasteiger partial charge is 0.141 e.